The van der Waals surface area contributed by atoms with Gasteiger partial charge in [0.05, 0.1) is 12.1 Å². The molecule has 0 unspecified atom stereocenters. The molecule has 5 atom stereocenters. The van der Waals surface area contributed by atoms with Gasteiger partial charge in [0.15, 0.2) is 23.9 Å². The Morgan fingerprint density at radius 3 is 2.89 bits per heavy atom. The summed E-state index contributed by atoms with van der Waals surface area (Å²) in [5.41, 5.74) is 2.77. The van der Waals surface area contributed by atoms with Crippen LogP contribution in [0.15, 0.2) is 24.3 Å². The van der Waals surface area contributed by atoms with Crippen molar-refractivity contribution >= 4 is 33.9 Å². The van der Waals surface area contributed by atoms with Gasteiger partial charge < -0.3 is 24.3 Å². The average molecular weight is 383 g/mol. The third-order valence-electron chi connectivity index (χ3n) is 5.72. The van der Waals surface area contributed by atoms with Crippen LogP contribution < -0.4 is 5.32 Å². The van der Waals surface area contributed by atoms with E-state index in [-0.39, 0.29) is 6.61 Å². The molecule has 5 heterocycles. The topological polar surface area (TPSA) is 122 Å². The first-order chi connectivity index (χ1) is 13.5. The molecule has 3 N–H and O–H groups in total. The Kier molecular flexibility index (Phi) is 3.11. The van der Waals surface area contributed by atoms with Gasteiger partial charge in [0.2, 0.25) is 0 Å². The number of ether oxygens (including phenoxy) is 2. The van der Waals surface area contributed by atoms with Gasteiger partial charge in [0.1, 0.15) is 29.5 Å². The average Bonchev–Trinajstić information content (AvgIpc) is 3.03. The molecule has 1 aromatic carbocycles. The summed E-state index contributed by atoms with van der Waals surface area (Å²) >= 11 is 0. The number of para-hydroxylation sites is 1. The summed E-state index contributed by atoms with van der Waals surface area (Å²) < 4.78 is 13.5. The number of rotatable bonds is 0. The fraction of sp³-hybridized carbons (Fsp3) is 0.389. The van der Waals surface area contributed by atoms with Gasteiger partial charge in [-0.2, -0.15) is 0 Å². The maximum absolute atomic E-state index is 12.8. The molecule has 2 amide bonds. The number of hydrogen-bond acceptors (Lipinski definition) is 7. The van der Waals surface area contributed by atoms with Crippen LogP contribution in [-0.2, 0) is 16.5 Å². The fourth-order valence-electron chi connectivity index (χ4n) is 4.29. The first-order valence-corrected chi connectivity index (χ1v) is 9.02. The predicted molar refractivity (Wildman–Crippen MR) is 96.2 cm³/mol. The largest absolute Gasteiger partial charge is 0.387 e. The van der Waals surface area contributed by atoms with Crippen molar-refractivity contribution in [2.24, 2.45) is 7.05 Å². The highest BCUT2D eigenvalue weighted by molar-refractivity contribution is 6.05. The Morgan fingerprint density at radius 2 is 2.04 bits per heavy atom. The van der Waals surface area contributed by atoms with E-state index in [0.717, 1.165) is 10.9 Å². The number of nitrogens with one attached hydrogen (secondary N) is 1. The summed E-state index contributed by atoms with van der Waals surface area (Å²) in [5.74, 6) is 0.317. The van der Waals surface area contributed by atoms with Crippen LogP contribution in [0.4, 0.5) is 10.6 Å². The first kappa shape index (κ1) is 16.2. The van der Waals surface area contributed by atoms with E-state index in [1.165, 1.54) is 4.90 Å². The third kappa shape index (κ3) is 1.92. The molecule has 2 aromatic heterocycles. The highest BCUT2D eigenvalue weighted by Crippen LogP contribution is 2.41. The lowest BCUT2D eigenvalue weighted by molar-refractivity contribution is -0.113. The number of aromatic nitrogens is 3. The van der Waals surface area contributed by atoms with Crippen molar-refractivity contribution in [2.45, 2.75) is 30.8 Å². The van der Waals surface area contributed by atoms with Gasteiger partial charge in [-0.1, -0.05) is 18.2 Å². The summed E-state index contributed by atoms with van der Waals surface area (Å²) in [6.45, 7) is 0.0257. The van der Waals surface area contributed by atoms with E-state index in [1.807, 2.05) is 35.9 Å². The molecular formula is C18H17N5O5. The molecule has 10 nitrogen and oxygen atoms in total. The number of benzene rings is 1. The molecular weight excluding hydrogens is 366 g/mol. The second-order valence-electron chi connectivity index (χ2n) is 7.28. The van der Waals surface area contributed by atoms with E-state index >= 15 is 0 Å². The Morgan fingerprint density at radius 1 is 1.21 bits per heavy atom. The number of amides is 2. The lowest BCUT2D eigenvalue weighted by atomic mass is 10.1. The zero-order valence-corrected chi connectivity index (χ0v) is 14.8. The lowest BCUT2D eigenvalue weighted by Gasteiger charge is -2.38. The van der Waals surface area contributed by atoms with Gasteiger partial charge in [-0.15, -0.1) is 0 Å². The zero-order valence-electron chi connectivity index (χ0n) is 14.8. The molecule has 144 valence electrons. The molecule has 2 fully saturated rings. The second-order valence-corrected chi connectivity index (χ2v) is 7.28. The van der Waals surface area contributed by atoms with Crippen LogP contribution >= 0.6 is 0 Å². The molecule has 3 aliphatic rings. The summed E-state index contributed by atoms with van der Waals surface area (Å²) in [7, 11) is 1.90. The maximum atomic E-state index is 12.8. The van der Waals surface area contributed by atoms with Crippen LogP contribution in [-0.4, -0.2) is 66.8 Å². The quantitative estimate of drug-likeness (QED) is 0.515. The number of hydrogen-bond donors (Lipinski definition) is 3. The number of carbonyl (C=O) groups is 1. The van der Waals surface area contributed by atoms with Crippen molar-refractivity contribution in [3.05, 3.63) is 30.0 Å². The number of nitrogens with zero attached hydrogens (tertiary/aromatic N) is 4. The van der Waals surface area contributed by atoms with Crippen LogP contribution in [0.25, 0.3) is 22.1 Å². The van der Waals surface area contributed by atoms with E-state index in [0.29, 0.717) is 22.7 Å². The normalized spacial score (nSPS) is 31.6. The van der Waals surface area contributed by atoms with Crippen LogP contribution in [0, 0.1) is 0 Å². The predicted octanol–water partition coefficient (Wildman–Crippen LogP) is 0.444. The van der Waals surface area contributed by atoms with Crippen molar-refractivity contribution in [3.8, 4) is 0 Å². The number of carbonyl (C=O) groups excluding carboxylic acids is 1. The number of aliphatic hydroxyl groups is 2. The van der Waals surface area contributed by atoms with Crippen molar-refractivity contribution in [2.75, 3.05) is 11.9 Å². The molecule has 28 heavy (non-hydrogen) atoms. The van der Waals surface area contributed by atoms with E-state index in [1.54, 1.807) is 0 Å². The monoisotopic (exact) mass is 383 g/mol. The molecule has 3 aromatic rings. The standard InChI is InChI=1S/C18H17N5O5/c1-22-8-5-3-2-4-7(8)10-15(22)20-14-11(19-10)16-23(18(26)21-14)17-13(25)12(24)9(28-17)6-27-16/h2-5,9,12-13,16-17,24-25H,6H2,1H3,(H,20,21,26)/t9-,12-,13-,16+,17-/m1/s1. The SMILES string of the molecule is Cn1c2ccccc2c2nc3c(nc21)NC(=O)N1[C@@H]2O[C@H](CO[C@@H]31)[C@@H](O)[C@H]2O. The highest BCUT2D eigenvalue weighted by Gasteiger charge is 2.54. The van der Waals surface area contributed by atoms with E-state index in [4.69, 9.17) is 14.5 Å². The molecule has 0 radical (unpaired) electrons. The van der Waals surface area contributed by atoms with E-state index in [9.17, 15) is 15.0 Å². The van der Waals surface area contributed by atoms with Crippen molar-refractivity contribution < 1.29 is 24.5 Å². The zero-order chi connectivity index (χ0) is 19.2. The minimum Gasteiger partial charge on any atom is -0.387 e. The van der Waals surface area contributed by atoms with Gasteiger partial charge in [-0.3, -0.25) is 10.2 Å². The Hall–Kier alpha value is -2.79. The van der Waals surface area contributed by atoms with Crippen LogP contribution in [0.5, 0.6) is 0 Å². The van der Waals surface area contributed by atoms with Gasteiger partial charge in [0.25, 0.3) is 0 Å². The summed E-state index contributed by atoms with van der Waals surface area (Å²) in [6, 6.07) is 7.30. The smallest absolute Gasteiger partial charge is 0.327 e. The summed E-state index contributed by atoms with van der Waals surface area (Å²) in [5, 5.41) is 24.1. The van der Waals surface area contributed by atoms with Crippen molar-refractivity contribution in [1.82, 2.24) is 19.4 Å². The molecule has 3 aliphatic heterocycles. The Bertz CT molecular complexity index is 1150. The molecule has 2 saturated heterocycles. The number of aryl methyl sites for hydroxylation is 1. The van der Waals surface area contributed by atoms with Gasteiger partial charge in [-0.25, -0.2) is 14.8 Å². The minimum atomic E-state index is -1.22. The van der Waals surface area contributed by atoms with E-state index in [2.05, 4.69) is 10.3 Å². The van der Waals surface area contributed by atoms with Crippen molar-refractivity contribution in [1.29, 1.82) is 0 Å². The van der Waals surface area contributed by atoms with Crippen LogP contribution in [0.1, 0.15) is 11.9 Å². The summed E-state index contributed by atoms with van der Waals surface area (Å²) in [4.78, 5) is 23.4. The Balaban J connectivity index is 1.56. The lowest BCUT2D eigenvalue weighted by Crippen LogP contribution is -2.54. The third-order valence-corrected chi connectivity index (χ3v) is 5.72. The maximum Gasteiger partial charge on any atom is 0.327 e. The fourth-order valence-corrected chi connectivity index (χ4v) is 4.29. The number of aliphatic hydroxyl groups excluding tert-OH is 2. The molecule has 0 saturated carbocycles. The van der Waals surface area contributed by atoms with Crippen LogP contribution in [0.3, 0.4) is 0 Å². The first-order valence-electron chi connectivity index (χ1n) is 9.02. The minimum absolute atomic E-state index is 0.0257. The Labute approximate surface area is 158 Å². The molecule has 0 aliphatic carbocycles. The van der Waals surface area contributed by atoms with E-state index < -0.39 is 36.8 Å². The molecule has 2 bridgehead atoms. The summed E-state index contributed by atoms with van der Waals surface area (Å²) in [6.07, 6.45) is -4.94. The number of anilines is 1. The van der Waals surface area contributed by atoms with Gasteiger partial charge in [-0.05, 0) is 6.07 Å². The number of fused-ring (bicyclic) bond motifs is 9. The van der Waals surface area contributed by atoms with Gasteiger partial charge >= 0.3 is 6.03 Å². The van der Waals surface area contributed by atoms with Gasteiger partial charge in [0, 0.05) is 12.4 Å². The second kappa shape index (κ2) is 5.39. The highest BCUT2D eigenvalue weighted by atomic mass is 16.6. The number of urea groups is 1. The molecule has 0 spiro atoms. The molecule has 10 heteroatoms. The van der Waals surface area contributed by atoms with Crippen LogP contribution in [0.2, 0.25) is 0 Å². The molecule has 6 rings (SSSR count). The van der Waals surface area contributed by atoms with Crippen molar-refractivity contribution in [3.63, 3.8) is 0 Å².